The molecule has 3 N–H and O–H groups in total. The Hall–Kier alpha value is -3.94. The molecule has 40 heavy (non-hydrogen) atoms. The van der Waals surface area contributed by atoms with Gasteiger partial charge in [-0.05, 0) is 48.9 Å². The Kier molecular flexibility index (Phi) is 8.05. The minimum absolute atomic E-state index is 0.0244. The lowest BCUT2D eigenvalue weighted by molar-refractivity contribution is -0.116. The molecule has 0 fully saturated rings. The second-order valence-corrected chi connectivity index (χ2v) is 12.4. The van der Waals surface area contributed by atoms with E-state index in [9.17, 15) is 14.9 Å². The fourth-order valence-corrected chi connectivity index (χ4v) is 6.70. The van der Waals surface area contributed by atoms with Crippen molar-refractivity contribution in [2.24, 2.45) is 5.73 Å². The van der Waals surface area contributed by atoms with E-state index in [0.29, 0.717) is 45.8 Å². The molecule has 2 heterocycles. The number of ketones is 1. The first-order chi connectivity index (χ1) is 19.3. The molecule has 1 aromatic heterocycles. The van der Waals surface area contributed by atoms with Gasteiger partial charge >= 0.3 is 0 Å². The Morgan fingerprint density at radius 2 is 1.90 bits per heavy atom. The molecule has 1 atom stereocenters. The number of Topliss-reactive ketones (excluding diaryl/α,β-unsaturated/α-hetero) is 1. The highest BCUT2D eigenvalue weighted by molar-refractivity contribution is 8.01. The molecular formula is C30H30N6O2S2. The summed E-state index contributed by atoms with van der Waals surface area (Å²) in [7, 11) is 0. The number of aryl methyl sites for hydroxylation is 1. The second-order valence-electron chi connectivity index (χ2n) is 10.2. The predicted octanol–water partition coefficient (Wildman–Crippen LogP) is 6.01. The Bertz CT molecular complexity index is 1550. The average Bonchev–Trinajstić information content (AvgIpc) is 3.41. The van der Waals surface area contributed by atoms with Gasteiger partial charge < -0.3 is 11.1 Å². The number of amides is 1. The van der Waals surface area contributed by atoms with Gasteiger partial charge in [0.15, 0.2) is 10.1 Å². The first kappa shape index (κ1) is 27.6. The summed E-state index contributed by atoms with van der Waals surface area (Å²) in [5.74, 6) is 0.158. The molecule has 0 saturated carbocycles. The van der Waals surface area contributed by atoms with Crippen molar-refractivity contribution in [2.45, 2.75) is 56.2 Å². The van der Waals surface area contributed by atoms with E-state index < -0.39 is 5.92 Å². The molecule has 5 rings (SSSR count). The first-order valence-electron chi connectivity index (χ1n) is 13.2. The number of carbonyl (C=O) groups excluding carboxylic acids is 2. The Morgan fingerprint density at radius 3 is 2.58 bits per heavy atom. The van der Waals surface area contributed by atoms with Crippen LogP contribution in [0.15, 0.2) is 75.5 Å². The van der Waals surface area contributed by atoms with E-state index in [-0.39, 0.29) is 23.3 Å². The number of nitrogens with one attached hydrogen (secondary N) is 1. The maximum absolute atomic E-state index is 13.3. The molecule has 1 amide bonds. The van der Waals surface area contributed by atoms with Crippen molar-refractivity contribution in [3.63, 3.8) is 0 Å². The molecule has 2 aromatic carbocycles. The van der Waals surface area contributed by atoms with Crippen molar-refractivity contribution in [1.82, 2.24) is 10.2 Å². The second kappa shape index (κ2) is 11.7. The minimum Gasteiger partial charge on any atom is -0.384 e. The van der Waals surface area contributed by atoms with E-state index in [0.717, 1.165) is 22.5 Å². The van der Waals surface area contributed by atoms with Crippen LogP contribution in [0.2, 0.25) is 0 Å². The summed E-state index contributed by atoms with van der Waals surface area (Å²) >= 11 is 2.56. The predicted molar refractivity (Wildman–Crippen MR) is 159 cm³/mol. The first-order valence-corrected chi connectivity index (χ1v) is 15.0. The maximum atomic E-state index is 13.3. The molecule has 10 heteroatoms. The van der Waals surface area contributed by atoms with Crippen LogP contribution in [0, 0.1) is 18.3 Å². The number of hydrogen-bond acceptors (Lipinski definition) is 9. The highest BCUT2D eigenvalue weighted by Gasteiger charge is 2.41. The number of anilines is 2. The third-order valence-corrected chi connectivity index (χ3v) is 9.14. The highest BCUT2D eigenvalue weighted by atomic mass is 32.2. The van der Waals surface area contributed by atoms with Crippen LogP contribution in [-0.2, 0) is 9.59 Å². The summed E-state index contributed by atoms with van der Waals surface area (Å²) in [5, 5.41) is 22.2. The Morgan fingerprint density at radius 1 is 1.18 bits per heavy atom. The summed E-state index contributed by atoms with van der Waals surface area (Å²) in [6, 6.07) is 18.0. The maximum Gasteiger partial charge on any atom is 0.234 e. The van der Waals surface area contributed by atoms with E-state index in [4.69, 9.17) is 5.73 Å². The number of nitrogens with two attached hydrogens (primary N) is 1. The lowest BCUT2D eigenvalue weighted by Crippen LogP contribution is -2.38. The average molecular weight is 571 g/mol. The fraction of sp³-hybridized carbons (Fsp3) is 0.300. The van der Waals surface area contributed by atoms with Gasteiger partial charge in [-0.25, -0.2) is 0 Å². The number of nitriles is 1. The summed E-state index contributed by atoms with van der Waals surface area (Å²) in [6.07, 6.45) is 1.77. The van der Waals surface area contributed by atoms with Crippen molar-refractivity contribution in [2.75, 3.05) is 16.0 Å². The van der Waals surface area contributed by atoms with Crippen molar-refractivity contribution in [3.05, 3.63) is 87.9 Å². The Balaban J connectivity index is 1.41. The third-order valence-electron chi connectivity index (χ3n) is 7.10. The van der Waals surface area contributed by atoms with Gasteiger partial charge in [-0.2, -0.15) is 5.26 Å². The third kappa shape index (κ3) is 5.53. The van der Waals surface area contributed by atoms with Crippen LogP contribution < -0.4 is 16.0 Å². The zero-order valence-corrected chi connectivity index (χ0v) is 24.2. The van der Waals surface area contributed by atoms with Crippen molar-refractivity contribution < 1.29 is 9.59 Å². The largest absolute Gasteiger partial charge is 0.384 e. The topological polar surface area (TPSA) is 125 Å². The fourth-order valence-electron chi connectivity index (χ4n) is 5.02. The molecule has 0 spiro atoms. The van der Waals surface area contributed by atoms with Gasteiger partial charge in [0, 0.05) is 23.4 Å². The van der Waals surface area contributed by atoms with E-state index >= 15 is 0 Å². The SMILES string of the molecule is Cc1ccc(NC(=O)CSc2nnc(N3C(N)=C(C#N)C(c4ccc(C(C)C)cc4)C4=C3CCCC4=O)s2)cc1. The monoisotopic (exact) mass is 570 g/mol. The smallest absolute Gasteiger partial charge is 0.234 e. The van der Waals surface area contributed by atoms with Crippen LogP contribution in [-0.4, -0.2) is 27.6 Å². The Labute approximate surface area is 242 Å². The number of aromatic nitrogens is 2. The van der Waals surface area contributed by atoms with Crippen molar-refractivity contribution in [1.29, 1.82) is 5.26 Å². The lowest BCUT2D eigenvalue weighted by Gasteiger charge is -2.38. The minimum atomic E-state index is -0.516. The zero-order valence-electron chi connectivity index (χ0n) is 22.6. The molecule has 1 aliphatic heterocycles. The zero-order chi connectivity index (χ0) is 28.4. The number of benzene rings is 2. The van der Waals surface area contributed by atoms with Gasteiger partial charge in [-0.15, -0.1) is 10.2 Å². The number of carbonyl (C=O) groups is 2. The summed E-state index contributed by atoms with van der Waals surface area (Å²) in [6.45, 7) is 6.25. The number of rotatable bonds is 7. The van der Waals surface area contributed by atoms with Crippen molar-refractivity contribution in [3.8, 4) is 6.07 Å². The number of nitrogens with zero attached hydrogens (tertiary/aromatic N) is 4. The number of allylic oxidation sites excluding steroid dienone is 3. The lowest BCUT2D eigenvalue weighted by atomic mass is 9.75. The van der Waals surface area contributed by atoms with Crippen LogP contribution in [0.3, 0.4) is 0 Å². The molecule has 8 nitrogen and oxygen atoms in total. The van der Waals surface area contributed by atoms with E-state index in [1.54, 1.807) is 4.90 Å². The molecule has 2 aliphatic rings. The molecule has 204 valence electrons. The van der Waals surface area contributed by atoms with Gasteiger partial charge in [-0.3, -0.25) is 14.5 Å². The normalized spacial score (nSPS) is 17.2. The molecular weight excluding hydrogens is 541 g/mol. The molecule has 1 aliphatic carbocycles. The van der Waals surface area contributed by atoms with E-state index in [1.165, 1.54) is 28.7 Å². The van der Waals surface area contributed by atoms with Gasteiger partial charge in [0.2, 0.25) is 11.0 Å². The number of hydrogen-bond donors (Lipinski definition) is 2. The number of thioether (sulfide) groups is 1. The molecule has 3 aromatic rings. The summed E-state index contributed by atoms with van der Waals surface area (Å²) in [4.78, 5) is 27.5. The van der Waals surface area contributed by atoms with E-state index in [2.05, 4.69) is 35.4 Å². The quantitative estimate of drug-likeness (QED) is 0.331. The van der Waals surface area contributed by atoms with Crippen LogP contribution >= 0.6 is 23.1 Å². The van der Waals surface area contributed by atoms with Gasteiger partial charge in [0.05, 0.1) is 23.3 Å². The van der Waals surface area contributed by atoms with Crippen LogP contribution in [0.1, 0.15) is 61.6 Å². The van der Waals surface area contributed by atoms with Gasteiger partial charge in [-0.1, -0.05) is 78.9 Å². The van der Waals surface area contributed by atoms with Crippen LogP contribution in [0.4, 0.5) is 10.8 Å². The van der Waals surface area contributed by atoms with Crippen LogP contribution in [0.5, 0.6) is 0 Å². The highest BCUT2D eigenvalue weighted by Crippen LogP contribution is 2.47. The molecule has 1 unspecified atom stereocenters. The van der Waals surface area contributed by atoms with Gasteiger partial charge in [0.25, 0.3) is 0 Å². The van der Waals surface area contributed by atoms with Crippen LogP contribution in [0.25, 0.3) is 0 Å². The molecule has 0 radical (unpaired) electrons. The van der Waals surface area contributed by atoms with Gasteiger partial charge in [0.1, 0.15) is 5.82 Å². The standard InChI is InChI=1S/C30H30N6O2S2/c1-17(2)19-9-11-20(12-10-19)26-22(15-31)28(32)36(23-5-4-6-24(37)27(23)26)29-34-35-30(40-29)39-16-25(38)33-21-13-7-18(3)8-14-21/h7-14,17,26H,4-6,16,32H2,1-3H3,(H,33,38). The summed E-state index contributed by atoms with van der Waals surface area (Å²) in [5.41, 5.74) is 12.3. The van der Waals surface area contributed by atoms with E-state index in [1.807, 2.05) is 55.5 Å². The summed E-state index contributed by atoms with van der Waals surface area (Å²) < 4.78 is 0.594. The molecule has 0 saturated heterocycles. The molecule has 0 bridgehead atoms. The van der Waals surface area contributed by atoms with Crippen molar-refractivity contribution >= 4 is 45.6 Å².